The van der Waals surface area contributed by atoms with Crippen molar-refractivity contribution in [2.24, 2.45) is 0 Å². The van der Waals surface area contributed by atoms with E-state index in [0.717, 1.165) is 115 Å². The lowest BCUT2D eigenvalue weighted by Crippen LogP contribution is -2.16. The molecule has 1 N–H and O–H groups in total. The zero-order valence-electron chi connectivity index (χ0n) is 67.5. The second-order valence-electron chi connectivity index (χ2n) is 33.7. The first-order valence-electron chi connectivity index (χ1n) is 41.2. The van der Waals surface area contributed by atoms with E-state index in [1.807, 2.05) is 115 Å². The van der Waals surface area contributed by atoms with Gasteiger partial charge in [-0.3, -0.25) is 0 Å². The molecule has 8 heteroatoms. The van der Waals surface area contributed by atoms with Gasteiger partial charge in [-0.1, -0.05) is 346 Å². The Morgan fingerprint density at radius 1 is 0.248 bits per heavy atom. The van der Waals surface area contributed by atoms with E-state index in [4.69, 9.17) is 0 Å². The van der Waals surface area contributed by atoms with Gasteiger partial charge in [0.1, 0.15) is 17.5 Å². The van der Waals surface area contributed by atoms with Crippen LogP contribution in [0.15, 0.2) is 379 Å². The van der Waals surface area contributed by atoms with Gasteiger partial charge in [-0.05, 0) is 218 Å². The predicted octanol–water partition coefficient (Wildman–Crippen LogP) is 33.4. The normalized spacial score (nSPS) is 13.4. The summed E-state index contributed by atoms with van der Waals surface area (Å²) in [6.07, 6.45) is 0. The van der Waals surface area contributed by atoms with Gasteiger partial charge < -0.3 is 15.1 Å². The molecular weight excluding hydrogens is 1620 g/mol. The van der Waals surface area contributed by atoms with Crippen molar-refractivity contribution in [2.75, 3.05) is 15.1 Å². The summed E-state index contributed by atoms with van der Waals surface area (Å²) in [4.78, 5) is 4.55. The van der Waals surface area contributed by atoms with Gasteiger partial charge in [0.25, 0.3) is 0 Å². The number of halogens is 5. The molecule has 0 radical (unpaired) electrons. The Balaban J connectivity index is 0.000000155. The van der Waals surface area contributed by atoms with E-state index >= 15 is 8.78 Å². The van der Waals surface area contributed by atoms with Crippen LogP contribution in [0.3, 0.4) is 0 Å². The van der Waals surface area contributed by atoms with Crippen molar-refractivity contribution in [3.63, 3.8) is 0 Å². The molecule has 3 nitrogen and oxygen atoms in total. The van der Waals surface area contributed by atoms with Crippen LogP contribution >= 0.6 is 31.9 Å². The molecule has 23 rings (SSSR count). The summed E-state index contributed by atoms with van der Waals surface area (Å²) in [7, 11) is 0. The Labute approximate surface area is 719 Å². The van der Waals surface area contributed by atoms with Gasteiger partial charge in [0.15, 0.2) is 0 Å². The van der Waals surface area contributed by atoms with E-state index in [0.29, 0.717) is 16.7 Å². The summed E-state index contributed by atoms with van der Waals surface area (Å²) in [5.74, 6) is -0.809. The van der Waals surface area contributed by atoms with E-state index in [-0.39, 0.29) is 33.7 Å². The standard InChI is InChI=1S/C70H50F2N2.C27H22FN.C16H8Br2/c1-69(2)55-23-13-11-21-51(55)67-57(69)25-15-27-63(67)73(47-33-37-49(59(71)41-47)43-17-7-5-8-18-43)61-39-31-45-30-36-54-62(40-32-46-29-35-53(61)65(45)66(46)54)74(48-34-38-50(60(72)42-48)44-19-9-6-10-20-44)64-28-16-26-58-68(64)52-22-12-14-24-56(52)70(58,3)4;1-27(2)22-12-7-6-11-21(22)26-23(27)13-8-14-25(26)29-19-15-16-20(24(28)17-19)18-9-4-3-5-10-18;17-13-8-4-10-2-6-12-14(18)7-3-9-1-5-11(13)16(10)15(9)12/h5-42H,1-4H3;3-17,29H,1-2H3;1-8H. The van der Waals surface area contributed by atoms with Crippen molar-refractivity contribution >= 4 is 142 Å². The van der Waals surface area contributed by atoms with Crippen molar-refractivity contribution in [3.8, 4) is 66.8 Å². The molecule has 0 saturated heterocycles. The molecule has 20 aromatic carbocycles. The minimum atomic E-state index is -0.291. The second-order valence-corrected chi connectivity index (χ2v) is 35.4. The number of anilines is 8. The molecule has 3 aliphatic rings. The van der Waals surface area contributed by atoms with Gasteiger partial charge in [-0.2, -0.15) is 0 Å². The highest BCUT2D eigenvalue weighted by Crippen LogP contribution is 2.59. The van der Waals surface area contributed by atoms with E-state index in [1.165, 1.54) is 88.0 Å². The molecule has 0 fully saturated rings. The monoisotopic (exact) mass is 1690 g/mol. The van der Waals surface area contributed by atoms with Crippen LogP contribution in [0.5, 0.6) is 0 Å². The maximum Gasteiger partial charge on any atom is 0.133 e. The van der Waals surface area contributed by atoms with E-state index in [9.17, 15) is 4.39 Å². The third-order valence-electron chi connectivity index (χ3n) is 25.8. The number of rotatable bonds is 11. The lowest BCUT2D eigenvalue weighted by Gasteiger charge is -2.31. The number of benzene rings is 20. The highest BCUT2D eigenvalue weighted by atomic mass is 79.9. The van der Waals surface area contributed by atoms with Crippen molar-refractivity contribution < 1.29 is 13.2 Å². The SMILES string of the molecule is Brc1ccc2ccc3c(Br)ccc4ccc1c2c43.CC1(C)c2ccccc2-c2c(N(c3ccc(-c4ccccc4)c(F)c3)c3ccc4ccc5c(N(c6ccc(-c7ccccc7)c(F)c6)c6cccc7c6-c6ccccc6C7(C)C)ccc6ccc3c4c65)cccc21.CC1(C)c2ccccc2-c2c(Nc3ccc(-c4ccccc4)c(F)c3)cccc21. The summed E-state index contributed by atoms with van der Waals surface area (Å²) in [5, 5.41) is 17.8. The number of fused-ring (bicyclic) bond motifs is 9. The molecule has 0 saturated carbocycles. The van der Waals surface area contributed by atoms with Crippen LogP contribution in [0.2, 0.25) is 0 Å². The van der Waals surface area contributed by atoms with Gasteiger partial charge in [-0.25, -0.2) is 13.2 Å². The van der Waals surface area contributed by atoms with Crippen molar-refractivity contribution in [3.05, 3.63) is 430 Å². The van der Waals surface area contributed by atoms with E-state index in [1.54, 1.807) is 18.2 Å². The predicted molar refractivity (Wildman–Crippen MR) is 510 cm³/mol. The Morgan fingerprint density at radius 2 is 0.562 bits per heavy atom. The molecule has 20 aromatic rings. The number of hydrogen-bond donors (Lipinski definition) is 1. The number of nitrogens with one attached hydrogen (secondary N) is 1. The lowest BCUT2D eigenvalue weighted by atomic mass is 9.82. The van der Waals surface area contributed by atoms with Crippen LogP contribution in [-0.2, 0) is 16.2 Å². The number of nitrogens with zero attached hydrogens (tertiary/aromatic N) is 2. The Morgan fingerprint density at radius 3 is 0.959 bits per heavy atom. The average molecular weight is 1700 g/mol. The fraction of sp³-hybridized carbons (Fsp3) is 0.0796. The van der Waals surface area contributed by atoms with Gasteiger partial charge in [0.05, 0.1) is 22.7 Å². The van der Waals surface area contributed by atoms with Gasteiger partial charge in [0.2, 0.25) is 0 Å². The van der Waals surface area contributed by atoms with Crippen LogP contribution in [0, 0.1) is 17.5 Å². The fourth-order valence-corrected chi connectivity index (χ4v) is 20.9. The first kappa shape index (κ1) is 75.1. The fourth-order valence-electron chi connectivity index (χ4n) is 20.0. The molecule has 0 heterocycles. The van der Waals surface area contributed by atoms with E-state index in [2.05, 4.69) is 325 Å². The average Bonchev–Trinajstić information content (AvgIpc) is 1.50. The van der Waals surface area contributed by atoms with Crippen LogP contribution in [0.1, 0.15) is 74.9 Å². The molecule has 0 amide bonds. The highest BCUT2D eigenvalue weighted by molar-refractivity contribution is 9.11. The molecule has 0 atom stereocenters. The molecular formula is C113H80Br2F3N3. The molecule has 0 aromatic heterocycles. The Hall–Kier alpha value is -13.4. The van der Waals surface area contributed by atoms with E-state index < -0.39 is 0 Å². The zero-order valence-corrected chi connectivity index (χ0v) is 70.7. The maximum absolute atomic E-state index is 16.9. The summed E-state index contributed by atoms with van der Waals surface area (Å²) < 4.78 is 50.9. The Bertz CT molecular complexity index is 7190. The largest absolute Gasteiger partial charge is 0.355 e. The van der Waals surface area contributed by atoms with Gasteiger partial charge in [0, 0.05) is 92.1 Å². The number of hydrogen-bond acceptors (Lipinski definition) is 3. The summed E-state index contributed by atoms with van der Waals surface area (Å²) in [6, 6.07) is 126. The van der Waals surface area contributed by atoms with Crippen molar-refractivity contribution in [1.29, 1.82) is 0 Å². The molecule has 0 bridgehead atoms. The molecule has 0 unspecified atom stereocenters. The molecule has 0 spiro atoms. The van der Waals surface area contributed by atoms with Crippen LogP contribution in [0.25, 0.3) is 131 Å². The molecule has 0 aliphatic heterocycles. The lowest BCUT2D eigenvalue weighted by molar-refractivity contribution is 0.631. The molecule has 582 valence electrons. The third-order valence-corrected chi connectivity index (χ3v) is 27.2. The maximum atomic E-state index is 16.9. The molecule has 121 heavy (non-hydrogen) atoms. The van der Waals surface area contributed by atoms with Gasteiger partial charge in [-0.15, -0.1) is 0 Å². The quantitative estimate of drug-likeness (QED) is 0.130. The summed E-state index contributed by atoms with van der Waals surface area (Å²) >= 11 is 7.30. The zero-order chi connectivity index (χ0) is 82.3. The Kier molecular flexibility index (Phi) is 18.2. The van der Waals surface area contributed by atoms with Crippen LogP contribution in [0.4, 0.5) is 58.7 Å². The smallest absolute Gasteiger partial charge is 0.133 e. The third kappa shape index (κ3) is 12.3. The molecule has 3 aliphatic carbocycles. The summed E-state index contributed by atoms with van der Waals surface area (Å²) in [5.41, 5.74) is 25.5. The summed E-state index contributed by atoms with van der Waals surface area (Å²) in [6.45, 7) is 13.7. The van der Waals surface area contributed by atoms with Crippen LogP contribution < -0.4 is 15.1 Å². The van der Waals surface area contributed by atoms with Crippen LogP contribution in [-0.4, -0.2) is 0 Å². The van der Waals surface area contributed by atoms with Crippen molar-refractivity contribution in [1.82, 2.24) is 0 Å². The second kappa shape index (κ2) is 29.3. The van der Waals surface area contributed by atoms with Gasteiger partial charge >= 0.3 is 0 Å². The highest BCUT2D eigenvalue weighted by Gasteiger charge is 2.41. The minimum Gasteiger partial charge on any atom is -0.355 e. The minimum absolute atomic E-state index is 0.0496. The first-order valence-corrected chi connectivity index (χ1v) is 42.8. The first-order chi connectivity index (χ1) is 58.9. The topological polar surface area (TPSA) is 18.5 Å². The van der Waals surface area contributed by atoms with Crippen molar-refractivity contribution in [2.45, 2.75) is 57.8 Å².